The molecule has 0 aliphatic rings. The number of hydrogen-bond acceptors (Lipinski definition) is 7. The Morgan fingerprint density at radius 2 is 2.11 bits per heavy atom. The predicted octanol–water partition coefficient (Wildman–Crippen LogP) is -0.129. The summed E-state index contributed by atoms with van der Waals surface area (Å²) in [6, 6.07) is 0.367. The fourth-order valence-electron chi connectivity index (χ4n) is 0.885. The van der Waals surface area contributed by atoms with Crippen molar-refractivity contribution in [1.29, 1.82) is 0 Å². The number of carboxylic acids is 2. The van der Waals surface area contributed by atoms with Gasteiger partial charge in [0, 0.05) is 11.9 Å². The van der Waals surface area contributed by atoms with E-state index in [0.717, 1.165) is 10.8 Å². The molecule has 0 unspecified atom stereocenters. The minimum atomic E-state index is -1.72. The number of nitrogens with one attached hydrogen (secondary N) is 1. The molecule has 1 amide bonds. The second kappa shape index (κ2) is 7.59. The molecule has 0 aromatic carbocycles. The van der Waals surface area contributed by atoms with Gasteiger partial charge in [0.1, 0.15) is 17.4 Å². The zero-order valence-electron chi connectivity index (χ0n) is 9.35. The van der Waals surface area contributed by atoms with E-state index in [1.54, 1.807) is 6.07 Å². The van der Waals surface area contributed by atoms with E-state index in [-0.39, 0.29) is 5.75 Å². The summed E-state index contributed by atoms with van der Waals surface area (Å²) in [7, 11) is 2.34. The molecule has 1 heterocycles. The Morgan fingerprint density at radius 1 is 1.37 bits per heavy atom. The maximum absolute atomic E-state index is 10.9. The number of nitrogens with zero attached hydrogens (tertiary/aromatic N) is 2. The number of carboxylic acid groups (broad SMARTS) is 2. The Hall–Kier alpha value is -1.81. The highest BCUT2D eigenvalue weighted by Crippen LogP contribution is 2.29. The predicted molar refractivity (Wildman–Crippen MR) is 67.5 cm³/mol. The van der Waals surface area contributed by atoms with Crippen LogP contribution in [0.4, 0.5) is 0 Å². The molecule has 10 heteroatoms. The SMILES string of the molecule is O=C(O)C(=O)N[C@@H](CSSc1ccncn1)C(=O)O. The summed E-state index contributed by atoms with van der Waals surface area (Å²) in [5.41, 5.74) is 0. The van der Waals surface area contributed by atoms with Crippen molar-refractivity contribution in [1.82, 2.24) is 15.3 Å². The van der Waals surface area contributed by atoms with Crippen molar-refractivity contribution in [3.05, 3.63) is 18.6 Å². The zero-order chi connectivity index (χ0) is 14.3. The van der Waals surface area contributed by atoms with Crippen molar-refractivity contribution >= 4 is 39.4 Å². The molecule has 0 aliphatic carbocycles. The molecule has 3 N–H and O–H groups in total. The smallest absolute Gasteiger partial charge is 0.394 e. The van der Waals surface area contributed by atoms with Crippen LogP contribution >= 0.6 is 21.6 Å². The van der Waals surface area contributed by atoms with Crippen molar-refractivity contribution in [3.8, 4) is 0 Å². The molecule has 1 rings (SSSR count). The highest BCUT2D eigenvalue weighted by molar-refractivity contribution is 8.76. The van der Waals surface area contributed by atoms with Crippen molar-refractivity contribution in [2.45, 2.75) is 11.1 Å². The zero-order valence-corrected chi connectivity index (χ0v) is 11.0. The third-order valence-corrected chi connectivity index (χ3v) is 4.01. The molecule has 0 saturated carbocycles. The molecule has 1 aromatic heterocycles. The monoisotopic (exact) mass is 303 g/mol. The fraction of sp³-hybridized carbons (Fsp3) is 0.222. The number of carbonyl (C=O) groups excluding carboxylic acids is 1. The van der Waals surface area contributed by atoms with Crippen LogP contribution < -0.4 is 5.32 Å². The number of carbonyl (C=O) groups is 3. The first kappa shape index (κ1) is 15.2. The van der Waals surface area contributed by atoms with Crippen LogP contribution in [0.2, 0.25) is 0 Å². The van der Waals surface area contributed by atoms with Crippen LogP contribution in [0, 0.1) is 0 Å². The van der Waals surface area contributed by atoms with E-state index in [4.69, 9.17) is 10.2 Å². The molecule has 8 nitrogen and oxygen atoms in total. The van der Waals surface area contributed by atoms with Crippen LogP contribution in [-0.4, -0.2) is 49.8 Å². The number of aliphatic carboxylic acids is 2. The Labute approximate surface area is 115 Å². The lowest BCUT2D eigenvalue weighted by molar-refractivity contribution is -0.151. The van der Waals surface area contributed by atoms with Gasteiger partial charge in [-0.05, 0) is 16.9 Å². The molecule has 1 atom stereocenters. The molecule has 19 heavy (non-hydrogen) atoms. The van der Waals surface area contributed by atoms with E-state index in [2.05, 4.69) is 9.97 Å². The van der Waals surface area contributed by atoms with Gasteiger partial charge in [-0.25, -0.2) is 19.6 Å². The van der Waals surface area contributed by atoms with Gasteiger partial charge in [0.25, 0.3) is 0 Å². The first-order valence-corrected chi connectivity index (χ1v) is 7.14. The number of amides is 1. The summed E-state index contributed by atoms with van der Waals surface area (Å²) in [4.78, 5) is 39.7. The lowest BCUT2D eigenvalue weighted by Gasteiger charge is -2.11. The van der Waals surface area contributed by atoms with Crippen molar-refractivity contribution in [2.75, 3.05) is 5.75 Å². The van der Waals surface area contributed by atoms with Gasteiger partial charge in [-0.1, -0.05) is 10.8 Å². The topological polar surface area (TPSA) is 129 Å². The Bertz CT molecular complexity index is 470. The molecule has 1 aromatic rings. The van der Waals surface area contributed by atoms with Gasteiger partial charge >= 0.3 is 17.8 Å². The number of rotatable bonds is 6. The fourth-order valence-corrected chi connectivity index (χ4v) is 2.91. The van der Waals surface area contributed by atoms with Crippen LogP contribution in [0.1, 0.15) is 0 Å². The summed E-state index contributed by atoms with van der Waals surface area (Å²) >= 11 is 0. The van der Waals surface area contributed by atoms with Gasteiger partial charge in [0.05, 0.1) is 0 Å². The molecular weight excluding hydrogens is 294 g/mol. The maximum atomic E-state index is 10.9. The highest BCUT2D eigenvalue weighted by atomic mass is 33.1. The summed E-state index contributed by atoms with van der Waals surface area (Å²) in [6.45, 7) is 0. The van der Waals surface area contributed by atoms with Crippen molar-refractivity contribution in [2.24, 2.45) is 0 Å². The van der Waals surface area contributed by atoms with E-state index >= 15 is 0 Å². The van der Waals surface area contributed by atoms with E-state index in [1.165, 1.54) is 23.3 Å². The third-order valence-electron chi connectivity index (χ3n) is 1.73. The molecule has 0 aliphatic heterocycles. The minimum Gasteiger partial charge on any atom is -0.480 e. The Balaban J connectivity index is 2.44. The number of aromatic nitrogens is 2. The van der Waals surface area contributed by atoms with E-state index < -0.39 is 23.9 Å². The standard InChI is InChI=1S/C9H9N3O5S2/c13-7(9(16)17)12-5(8(14)15)3-18-19-6-1-2-10-4-11-6/h1-2,4-5H,3H2,(H,12,13)(H,14,15)(H,16,17)/t5-/m0/s1. The van der Waals surface area contributed by atoms with Gasteiger partial charge < -0.3 is 15.5 Å². The average Bonchev–Trinajstić information content (AvgIpc) is 2.38. The second-order valence-electron chi connectivity index (χ2n) is 3.08. The lowest BCUT2D eigenvalue weighted by atomic mass is 10.3. The molecule has 0 fully saturated rings. The summed E-state index contributed by atoms with van der Waals surface area (Å²) in [5.74, 6) is -4.37. The highest BCUT2D eigenvalue weighted by Gasteiger charge is 2.23. The van der Waals surface area contributed by atoms with Gasteiger partial charge in [-0.15, -0.1) is 0 Å². The quantitative estimate of drug-likeness (QED) is 0.374. The third kappa shape index (κ3) is 5.57. The van der Waals surface area contributed by atoms with Crippen LogP contribution in [0.5, 0.6) is 0 Å². The number of hydrogen-bond donors (Lipinski definition) is 3. The van der Waals surface area contributed by atoms with Crippen LogP contribution in [0.15, 0.2) is 23.6 Å². The van der Waals surface area contributed by atoms with E-state index in [9.17, 15) is 14.4 Å². The van der Waals surface area contributed by atoms with E-state index in [0.29, 0.717) is 5.03 Å². The summed E-state index contributed by atoms with van der Waals surface area (Å²) in [6.07, 6.45) is 2.89. The van der Waals surface area contributed by atoms with Gasteiger partial charge in [0.2, 0.25) is 0 Å². The Morgan fingerprint density at radius 3 is 2.63 bits per heavy atom. The van der Waals surface area contributed by atoms with Gasteiger partial charge in [-0.3, -0.25) is 4.79 Å². The molecule has 0 saturated heterocycles. The first-order valence-electron chi connectivity index (χ1n) is 4.82. The molecule has 0 radical (unpaired) electrons. The minimum absolute atomic E-state index is 0.00300. The van der Waals surface area contributed by atoms with Gasteiger partial charge in [0.15, 0.2) is 0 Å². The largest absolute Gasteiger partial charge is 0.480 e. The van der Waals surface area contributed by atoms with Crippen LogP contribution in [-0.2, 0) is 14.4 Å². The average molecular weight is 303 g/mol. The van der Waals surface area contributed by atoms with E-state index in [1.807, 2.05) is 5.32 Å². The normalized spacial score (nSPS) is 11.6. The summed E-state index contributed by atoms with van der Waals surface area (Å²) in [5, 5.41) is 19.8. The Kier molecular flexibility index (Phi) is 6.09. The molecule has 102 valence electrons. The van der Waals surface area contributed by atoms with Crippen LogP contribution in [0.25, 0.3) is 0 Å². The maximum Gasteiger partial charge on any atom is 0.394 e. The second-order valence-corrected chi connectivity index (χ2v) is 5.45. The first-order chi connectivity index (χ1) is 9.00. The van der Waals surface area contributed by atoms with Crippen LogP contribution in [0.3, 0.4) is 0 Å². The van der Waals surface area contributed by atoms with Gasteiger partial charge in [-0.2, -0.15) is 0 Å². The lowest BCUT2D eigenvalue weighted by Crippen LogP contribution is -2.45. The molecule has 0 spiro atoms. The molecular formula is C9H9N3O5S2. The van der Waals surface area contributed by atoms with Crippen molar-refractivity contribution < 1.29 is 24.6 Å². The summed E-state index contributed by atoms with van der Waals surface area (Å²) < 4.78 is 0. The molecule has 0 bridgehead atoms. The van der Waals surface area contributed by atoms with Crippen molar-refractivity contribution in [3.63, 3.8) is 0 Å².